The Kier molecular flexibility index (Phi) is 6.33. The molecule has 1 aromatic carbocycles. The number of carbonyl (C=O) groups excluding carboxylic acids is 3. The number of nitrogens with zero attached hydrogens (tertiary/aromatic N) is 2. The fourth-order valence-electron chi connectivity index (χ4n) is 5.95. The topological polar surface area (TPSA) is 118 Å². The summed E-state index contributed by atoms with van der Waals surface area (Å²) in [5.74, 6) is -8.76. The summed E-state index contributed by atoms with van der Waals surface area (Å²) >= 11 is 0. The SMILES string of the molecule is N#C[C@H](C[C@@H]1CCCNC1=O)NC(=O)[C@H]1[C@H]2CC[C@H](CC2(F)F)N1C(=O)c1cc2c(F)ccc(F)c2[nH]1. The van der Waals surface area contributed by atoms with Gasteiger partial charge < -0.3 is 20.5 Å². The van der Waals surface area contributed by atoms with Crippen molar-refractivity contribution in [1.82, 2.24) is 20.5 Å². The summed E-state index contributed by atoms with van der Waals surface area (Å²) in [5, 5.41) is 14.6. The van der Waals surface area contributed by atoms with Crippen LogP contribution in [0.15, 0.2) is 18.2 Å². The zero-order chi connectivity index (χ0) is 26.5. The molecule has 1 aliphatic carbocycles. The summed E-state index contributed by atoms with van der Waals surface area (Å²) in [4.78, 5) is 42.6. The minimum Gasteiger partial charge on any atom is -0.356 e. The first-order valence-corrected chi connectivity index (χ1v) is 12.3. The fraction of sp³-hybridized carbons (Fsp3) is 0.520. The number of nitriles is 1. The van der Waals surface area contributed by atoms with Crippen LogP contribution in [0.2, 0.25) is 0 Å². The van der Waals surface area contributed by atoms with Crippen molar-refractivity contribution in [2.75, 3.05) is 6.54 Å². The van der Waals surface area contributed by atoms with Crippen LogP contribution in [0, 0.1) is 34.8 Å². The Morgan fingerprint density at radius 1 is 1.22 bits per heavy atom. The van der Waals surface area contributed by atoms with Crippen LogP contribution in [0.5, 0.6) is 0 Å². The van der Waals surface area contributed by atoms with Crippen molar-refractivity contribution >= 4 is 28.6 Å². The molecule has 1 aromatic heterocycles. The normalized spacial score (nSPS) is 27.4. The van der Waals surface area contributed by atoms with Crippen LogP contribution in [0.1, 0.15) is 49.0 Å². The lowest BCUT2D eigenvalue weighted by Crippen LogP contribution is -2.68. The van der Waals surface area contributed by atoms with Gasteiger partial charge in [0.25, 0.3) is 11.8 Å². The number of aromatic nitrogens is 1. The van der Waals surface area contributed by atoms with Crippen LogP contribution in [0.3, 0.4) is 0 Å². The van der Waals surface area contributed by atoms with E-state index < -0.39 is 65.8 Å². The lowest BCUT2D eigenvalue weighted by atomic mass is 9.71. The molecule has 5 atom stereocenters. The zero-order valence-corrected chi connectivity index (χ0v) is 19.7. The quantitative estimate of drug-likeness (QED) is 0.527. The van der Waals surface area contributed by atoms with Gasteiger partial charge in [0.2, 0.25) is 11.8 Å². The molecule has 0 spiro atoms. The van der Waals surface area contributed by atoms with Crippen molar-refractivity contribution in [3.05, 3.63) is 35.5 Å². The predicted molar refractivity (Wildman–Crippen MR) is 122 cm³/mol. The lowest BCUT2D eigenvalue weighted by Gasteiger charge is -2.53. The van der Waals surface area contributed by atoms with Gasteiger partial charge in [-0.3, -0.25) is 14.4 Å². The standard InChI is InChI=1S/C25H25F4N5O3/c26-17-5-6-18(27)20-15(17)9-19(33-20)24(37)34-14-3-4-16(25(28,29)10-14)21(34)23(36)32-13(11-30)8-12-2-1-7-31-22(12)35/h5-6,9,12-14,16,21,33H,1-4,7-8,10H2,(H,31,35)(H,32,36)/t12-,13-,14+,16+,21+/m0/s1. The predicted octanol–water partition coefficient (Wildman–Crippen LogP) is 3.00. The Labute approximate surface area is 209 Å². The summed E-state index contributed by atoms with van der Waals surface area (Å²) in [6.07, 6.45) is 0.861. The molecule has 2 aromatic rings. The van der Waals surface area contributed by atoms with Gasteiger partial charge in [-0.05, 0) is 50.3 Å². The van der Waals surface area contributed by atoms with E-state index in [9.17, 15) is 37.2 Å². The minimum atomic E-state index is -3.22. The summed E-state index contributed by atoms with van der Waals surface area (Å²) in [6, 6.07) is 1.14. The average Bonchev–Trinajstić information content (AvgIpc) is 3.33. The number of hydrogen-bond donors (Lipinski definition) is 3. The first-order chi connectivity index (χ1) is 17.6. The third kappa shape index (κ3) is 4.40. The van der Waals surface area contributed by atoms with Crippen molar-refractivity contribution in [3.63, 3.8) is 0 Å². The molecule has 12 heteroatoms. The molecule has 3 saturated heterocycles. The summed E-state index contributed by atoms with van der Waals surface area (Å²) in [7, 11) is 0. The van der Waals surface area contributed by atoms with E-state index in [2.05, 4.69) is 15.6 Å². The van der Waals surface area contributed by atoms with Crippen molar-refractivity contribution in [2.45, 2.75) is 62.6 Å². The minimum absolute atomic E-state index is 0.00224. The van der Waals surface area contributed by atoms with E-state index in [1.807, 2.05) is 6.07 Å². The second-order valence-corrected chi connectivity index (χ2v) is 10.0. The molecule has 4 fully saturated rings. The summed E-state index contributed by atoms with van der Waals surface area (Å²) in [6.45, 7) is 0.526. The Bertz CT molecular complexity index is 1270. The third-order valence-corrected chi connectivity index (χ3v) is 7.75. The molecule has 196 valence electrons. The second-order valence-electron chi connectivity index (χ2n) is 10.0. The zero-order valence-electron chi connectivity index (χ0n) is 19.7. The van der Waals surface area contributed by atoms with Crippen LogP contribution < -0.4 is 10.6 Å². The number of amides is 3. The number of benzene rings is 1. The van der Waals surface area contributed by atoms with Gasteiger partial charge in [0, 0.05) is 30.3 Å². The first kappa shape index (κ1) is 25.0. The lowest BCUT2D eigenvalue weighted by molar-refractivity contribution is -0.179. The van der Waals surface area contributed by atoms with Crippen molar-refractivity contribution < 1.29 is 31.9 Å². The summed E-state index contributed by atoms with van der Waals surface area (Å²) in [5.41, 5.74) is -0.476. The molecule has 3 N–H and O–H groups in total. The Hall–Kier alpha value is -3.62. The second kappa shape index (κ2) is 9.36. The smallest absolute Gasteiger partial charge is 0.271 e. The van der Waals surface area contributed by atoms with Crippen LogP contribution >= 0.6 is 0 Å². The molecular formula is C25H25F4N5O3. The molecule has 4 heterocycles. The average molecular weight is 519 g/mol. The molecule has 0 radical (unpaired) electrons. The molecule has 1 saturated carbocycles. The summed E-state index contributed by atoms with van der Waals surface area (Å²) < 4.78 is 58.3. The highest BCUT2D eigenvalue weighted by Gasteiger charge is 2.60. The number of aromatic amines is 1. The maximum atomic E-state index is 14.9. The van der Waals surface area contributed by atoms with E-state index >= 15 is 0 Å². The number of carbonyl (C=O) groups is 3. The number of halogens is 4. The fourth-order valence-corrected chi connectivity index (χ4v) is 5.95. The van der Waals surface area contributed by atoms with Gasteiger partial charge in [0.05, 0.1) is 17.5 Å². The van der Waals surface area contributed by atoms with Gasteiger partial charge in [0.1, 0.15) is 29.4 Å². The van der Waals surface area contributed by atoms with Gasteiger partial charge in [-0.15, -0.1) is 0 Å². The number of nitrogens with one attached hydrogen (secondary N) is 3. The number of H-pyrrole nitrogens is 1. The number of fused-ring (bicyclic) bond motifs is 4. The molecule has 4 aliphatic rings. The number of rotatable bonds is 5. The molecular weight excluding hydrogens is 494 g/mol. The van der Waals surface area contributed by atoms with Gasteiger partial charge in [-0.1, -0.05) is 0 Å². The third-order valence-electron chi connectivity index (χ3n) is 7.75. The number of piperidine rings is 3. The highest BCUT2D eigenvalue weighted by atomic mass is 19.3. The van der Waals surface area contributed by atoms with Gasteiger partial charge in [-0.2, -0.15) is 5.26 Å². The highest BCUT2D eigenvalue weighted by molar-refractivity contribution is 6.01. The van der Waals surface area contributed by atoms with Crippen molar-refractivity contribution in [1.29, 1.82) is 5.26 Å². The Morgan fingerprint density at radius 2 is 1.97 bits per heavy atom. The number of hydrogen-bond acceptors (Lipinski definition) is 4. The largest absolute Gasteiger partial charge is 0.356 e. The monoisotopic (exact) mass is 519 g/mol. The van der Waals surface area contributed by atoms with Gasteiger partial charge in [0.15, 0.2) is 0 Å². The Morgan fingerprint density at radius 3 is 2.65 bits per heavy atom. The highest BCUT2D eigenvalue weighted by Crippen LogP contribution is 2.49. The van der Waals surface area contributed by atoms with E-state index in [0.29, 0.717) is 13.0 Å². The van der Waals surface area contributed by atoms with Gasteiger partial charge in [-0.25, -0.2) is 17.6 Å². The van der Waals surface area contributed by atoms with Crippen LogP contribution in [0.4, 0.5) is 17.6 Å². The van der Waals surface area contributed by atoms with E-state index in [1.165, 1.54) is 0 Å². The molecule has 0 unspecified atom stereocenters. The van der Waals surface area contributed by atoms with Crippen molar-refractivity contribution in [2.24, 2.45) is 11.8 Å². The maximum absolute atomic E-state index is 14.9. The molecule has 6 rings (SSSR count). The molecule has 3 aliphatic heterocycles. The number of alkyl halides is 2. The van der Waals surface area contributed by atoms with Crippen LogP contribution in [-0.2, 0) is 9.59 Å². The van der Waals surface area contributed by atoms with E-state index in [0.717, 1.165) is 29.5 Å². The molecule has 3 amide bonds. The Balaban J connectivity index is 1.43. The van der Waals surface area contributed by atoms with Crippen LogP contribution in [0.25, 0.3) is 10.9 Å². The first-order valence-electron chi connectivity index (χ1n) is 12.3. The molecule has 37 heavy (non-hydrogen) atoms. The maximum Gasteiger partial charge on any atom is 0.271 e. The molecule has 8 nitrogen and oxygen atoms in total. The van der Waals surface area contributed by atoms with Gasteiger partial charge >= 0.3 is 0 Å². The van der Waals surface area contributed by atoms with Crippen LogP contribution in [-0.4, -0.2) is 58.2 Å². The molecule has 2 bridgehead atoms. The van der Waals surface area contributed by atoms with E-state index in [-0.39, 0.29) is 41.8 Å². The van der Waals surface area contributed by atoms with Crippen molar-refractivity contribution in [3.8, 4) is 6.07 Å². The van der Waals surface area contributed by atoms with E-state index in [4.69, 9.17) is 0 Å². The van der Waals surface area contributed by atoms with E-state index in [1.54, 1.807) is 0 Å².